The van der Waals surface area contributed by atoms with Crippen molar-refractivity contribution < 1.29 is 28.9 Å². The van der Waals surface area contributed by atoms with Gasteiger partial charge in [0, 0.05) is 5.56 Å². The van der Waals surface area contributed by atoms with Crippen LogP contribution in [0.25, 0.3) is 0 Å². The Hall–Kier alpha value is -1.98. The third-order valence-corrected chi connectivity index (χ3v) is 3.97. The zero-order valence-corrected chi connectivity index (χ0v) is 11.4. The van der Waals surface area contributed by atoms with Gasteiger partial charge < -0.3 is 19.7 Å². The second-order valence-corrected chi connectivity index (χ2v) is 4.92. The number of halogens is 1. The predicted octanol–water partition coefficient (Wildman–Crippen LogP) is 2.44. The van der Waals surface area contributed by atoms with Crippen LogP contribution in [0.15, 0.2) is 6.07 Å². The molecule has 0 amide bonds. The highest BCUT2D eigenvalue weighted by atomic mass is 19.1. The highest BCUT2D eigenvalue weighted by molar-refractivity contribution is 5.83. The Morgan fingerprint density at radius 1 is 1.30 bits per heavy atom. The molecule has 0 aliphatic heterocycles. The van der Waals surface area contributed by atoms with Gasteiger partial charge >= 0.3 is 5.97 Å². The van der Waals surface area contributed by atoms with Crippen molar-refractivity contribution in [2.75, 3.05) is 14.2 Å². The summed E-state index contributed by atoms with van der Waals surface area (Å²) in [5.74, 6) is -2.88. The monoisotopic (exact) mass is 284 g/mol. The molecule has 5 nitrogen and oxygen atoms in total. The van der Waals surface area contributed by atoms with Crippen LogP contribution in [0.2, 0.25) is 0 Å². The minimum Gasteiger partial charge on any atom is -0.504 e. The van der Waals surface area contributed by atoms with Crippen molar-refractivity contribution in [3.05, 3.63) is 17.4 Å². The number of carbonyl (C=O) groups is 1. The molecule has 2 N–H and O–H groups in total. The zero-order chi connectivity index (χ0) is 14.9. The Morgan fingerprint density at radius 3 is 2.35 bits per heavy atom. The van der Waals surface area contributed by atoms with Gasteiger partial charge in [-0.3, -0.25) is 4.79 Å². The largest absolute Gasteiger partial charge is 0.504 e. The molecule has 0 unspecified atom stereocenters. The summed E-state index contributed by atoms with van der Waals surface area (Å²) in [6.45, 7) is 0. The molecule has 2 rings (SSSR count). The summed E-state index contributed by atoms with van der Waals surface area (Å²) in [6.07, 6.45) is 2.18. The topological polar surface area (TPSA) is 76.0 Å². The number of carboxylic acids is 1. The molecular weight excluding hydrogens is 267 g/mol. The highest BCUT2D eigenvalue weighted by Gasteiger charge is 2.46. The number of aromatic hydroxyl groups is 1. The second-order valence-electron chi connectivity index (χ2n) is 4.92. The first-order chi connectivity index (χ1) is 9.47. The molecule has 1 saturated carbocycles. The van der Waals surface area contributed by atoms with Crippen LogP contribution in [0.3, 0.4) is 0 Å². The van der Waals surface area contributed by atoms with Gasteiger partial charge in [0.1, 0.15) is 0 Å². The number of hydrogen-bond acceptors (Lipinski definition) is 4. The van der Waals surface area contributed by atoms with Crippen LogP contribution in [-0.2, 0) is 10.2 Å². The predicted molar refractivity (Wildman–Crippen MR) is 69.0 cm³/mol. The zero-order valence-electron chi connectivity index (χ0n) is 11.4. The summed E-state index contributed by atoms with van der Waals surface area (Å²) in [5.41, 5.74) is -1.21. The molecule has 1 aromatic rings. The van der Waals surface area contributed by atoms with E-state index in [9.17, 15) is 19.4 Å². The number of phenolic OH excluding ortho intramolecular Hbond substituents is 1. The molecule has 0 saturated heterocycles. The average Bonchev–Trinajstić information content (AvgIpc) is 2.92. The van der Waals surface area contributed by atoms with Gasteiger partial charge in [0.15, 0.2) is 11.5 Å². The first-order valence-corrected chi connectivity index (χ1v) is 6.35. The molecule has 1 fully saturated rings. The van der Waals surface area contributed by atoms with Crippen molar-refractivity contribution in [1.82, 2.24) is 0 Å². The summed E-state index contributed by atoms with van der Waals surface area (Å²) < 4.78 is 24.0. The molecular formula is C14H17FO5. The molecule has 1 aromatic carbocycles. The number of phenols is 1. The van der Waals surface area contributed by atoms with Gasteiger partial charge in [0.25, 0.3) is 0 Å². The fourth-order valence-corrected chi connectivity index (χ4v) is 2.88. The van der Waals surface area contributed by atoms with E-state index >= 15 is 0 Å². The Bertz CT molecular complexity index is 535. The minimum absolute atomic E-state index is 0.0534. The molecule has 110 valence electrons. The quantitative estimate of drug-likeness (QED) is 0.888. The van der Waals surface area contributed by atoms with Crippen molar-refractivity contribution in [2.24, 2.45) is 0 Å². The van der Waals surface area contributed by atoms with Gasteiger partial charge in [-0.2, -0.15) is 4.39 Å². The molecule has 1 aliphatic carbocycles. The maximum atomic E-state index is 14.1. The van der Waals surface area contributed by atoms with Gasteiger partial charge in [-0.05, 0) is 18.9 Å². The number of hydrogen-bond donors (Lipinski definition) is 2. The van der Waals surface area contributed by atoms with Crippen LogP contribution < -0.4 is 9.47 Å². The first-order valence-electron chi connectivity index (χ1n) is 6.35. The molecule has 0 radical (unpaired) electrons. The van der Waals surface area contributed by atoms with Gasteiger partial charge in [-0.15, -0.1) is 0 Å². The van der Waals surface area contributed by atoms with Crippen LogP contribution in [0.5, 0.6) is 17.2 Å². The van der Waals surface area contributed by atoms with Gasteiger partial charge in [0.05, 0.1) is 19.6 Å². The molecule has 0 bridgehead atoms. The SMILES string of the molecule is COc1cc(C2(C(=O)O)CCCC2)c(O)c(F)c1OC. The Labute approximate surface area is 115 Å². The van der Waals surface area contributed by atoms with E-state index in [1.807, 2.05) is 0 Å². The number of methoxy groups -OCH3 is 2. The summed E-state index contributed by atoms with van der Waals surface area (Å²) in [6, 6.07) is 1.36. The molecule has 6 heteroatoms. The highest BCUT2D eigenvalue weighted by Crippen LogP contribution is 2.49. The van der Waals surface area contributed by atoms with Gasteiger partial charge in [0.2, 0.25) is 11.6 Å². The second kappa shape index (κ2) is 5.19. The maximum absolute atomic E-state index is 14.1. The van der Waals surface area contributed by atoms with Crippen molar-refractivity contribution in [2.45, 2.75) is 31.1 Å². The van der Waals surface area contributed by atoms with Crippen LogP contribution in [0.1, 0.15) is 31.2 Å². The Morgan fingerprint density at radius 2 is 1.90 bits per heavy atom. The Kier molecular flexibility index (Phi) is 3.74. The molecule has 20 heavy (non-hydrogen) atoms. The number of ether oxygens (including phenoxy) is 2. The lowest BCUT2D eigenvalue weighted by atomic mass is 9.78. The molecule has 1 aliphatic rings. The van der Waals surface area contributed by atoms with E-state index in [0.717, 1.165) is 12.8 Å². The van der Waals surface area contributed by atoms with Crippen molar-refractivity contribution in [1.29, 1.82) is 0 Å². The third kappa shape index (κ3) is 1.95. The van der Waals surface area contributed by atoms with Crippen molar-refractivity contribution >= 4 is 5.97 Å². The van der Waals surface area contributed by atoms with Gasteiger partial charge in [-0.25, -0.2) is 0 Å². The van der Waals surface area contributed by atoms with E-state index in [1.165, 1.54) is 20.3 Å². The van der Waals surface area contributed by atoms with Crippen LogP contribution in [-0.4, -0.2) is 30.4 Å². The van der Waals surface area contributed by atoms with Crippen LogP contribution >= 0.6 is 0 Å². The lowest BCUT2D eigenvalue weighted by Gasteiger charge is -2.26. The molecule has 0 aromatic heterocycles. The fourth-order valence-electron chi connectivity index (χ4n) is 2.88. The number of rotatable bonds is 4. The van der Waals surface area contributed by atoms with E-state index in [2.05, 4.69) is 0 Å². The number of benzene rings is 1. The summed E-state index contributed by atoms with van der Waals surface area (Å²) in [4.78, 5) is 11.6. The normalized spacial score (nSPS) is 16.9. The standard InChI is InChI=1S/C14H17FO5/c1-19-9-7-8(11(16)10(15)12(9)20-2)14(13(17)18)5-3-4-6-14/h7,16H,3-6H2,1-2H3,(H,17,18). The van der Waals surface area contributed by atoms with E-state index < -0.39 is 23.0 Å². The number of carboxylic acid groups (broad SMARTS) is 1. The van der Waals surface area contributed by atoms with E-state index in [0.29, 0.717) is 12.8 Å². The molecule has 0 atom stereocenters. The van der Waals surface area contributed by atoms with E-state index in [1.54, 1.807) is 0 Å². The summed E-state index contributed by atoms with van der Waals surface area (Å²) in [7, 11) is 2.59. The van der Waals surface area contributed by atoms with Crippen LogP contribution in [0.4, 0.5) is 4.39 Å². The van der Waals surface area contributed by atoms with Crippen molar-refractivity contribution in [3.63, 3.8) is 0 Å². The third-order valence-electron chi connectivity index (χ3n) is 3.97. The van der Waals surface area contributed by atoms with E-state index in [4.69, 9.17) is 9.47 Å². The molecule has 0 spiro atoms. The summed E-state index contributed by atoms with van der Waals surface area (Å²) >= 11 is 0. The first kappa shape index (κ1) is 14.4. The maximum Gasteiger partial charge on any atom is 0.314 e. The lowest BCUT2D eigenvalue weighted by molar-refractivity contribution is -0.143. The fraction of sp³-hybridized carbons (Fsp3) is 0.500. The van der Waals surface area contributed by atoms with Crippen LogP contribution in [0, 0.1) is 5.82 Å². The lowest BCUT2D eigenvalue weighted by Crippen LogP contribution is -2.33. The Balaban J connectivity index is 2.68. The van der Waals surface area contributed by atoms with Gasteiger partial charge in [-0.1, -0.05) is 12.8 Å². The minimum atomic E-state index is -1.26. The van der Waals surface area contributed by atoms with E-state index in [-0.39, 0.29) is 17.1 Å². The average molecular weight is 284 g/mol. The smallest absolute Gasteiger partial charge is 0.314 e. The van der Waals surface area contributed by atoms with Crippen molar-refractivity contribution in [3.8, 4) is 17.2 Å². The number of aliphatic carboxylic acids is 1. The summed E-state index contributed by atoms with van der Waals surface area (Å²) in [5, 5.41) is 19.5. The molecule has 0 heterocycles.